The van der Waals surface area contributed by atoms with Crippen molar-refractivity contribution >= 4 is 35.1 Å². The lowest BCUT2D eigenvalue weighted by molar-refractivity contribution is 0.651. The maximum atomic E-state index is 5.43. The quantitative estimate of drug-likeness (QED) is 0.514. The van der Waals surface area contributed by atoms with Crippen molar-refractivity contribution in [1.82, 2.24) is 5.32 Å². The van der Waals surface area contributed by atoms with Gasteiger partial charge in [-0.3, -0.25) is 0 Å². The second kappa shape index (κ2) is 2.72. The van der Waals surface area contributed by atoms with E-state index in [4.69, 9.17) is 18.0 Å². The Labute approximate surface area is 74.5 Å². The average molecular weight is 181 g/mol. The van der Waals surface area contributed by atoms with Gasteiger partial charge in [-0.2, -0.15) is 0 Å². The van der Waals surface area contributed by atoms with Crippen LogP contribution in [0.1, 0.15) is 0 Å². The van der Waals surface area contributed by atoms with Gasteiger partial charge in [0.1, 0.15) is 23.2 Å². The molecule has 1 unspecified atom stereocenters. The number of hydrogen-bond acceptors (Lipinski definition) is 5. The summed E-state index contributed by atoms with van der Waals surface area (Å²) in [5.41, 5.74) is 6.08. The Bertz CT molecular complexity index is 316. The van der Waals surface area contributed by atoms with Crippen molar-refractivity contribution in [1.29, 1.82) is 0 Å². The first-order chi connectivity index (χ1) is 5.81. The number of fused-ring (bicyclic) bond motifs is 1. The Hall–Kier alpha value is -1.14. The van der Waals surface area contributed by atoms with Crippen LogP contribution in [0.4, 0.5) is 0 Å². The molecule has 3 N–H and O–H groups in total. The Balaban J connectivity index is 2.35. The summed E-state index contributed by atoms with van der Waals surface area (Å²) in [7, 11) is 0. The molecule has 0 spiro atoms. The second-order valence-corrected chi connectivity index (χ2v) is 2.81. The number of nitrogens with one attached hydrogen (secondary N) is 1. The smallest absolute Gasteiger partial charge is 0.180 e. The van der Waals surface area contributed by atoms with Gasteiger partial charge in [0.2, 0.25) is 0 Å². The van der Waals surface area contributed by atoms with E-state index in [1.807, 2.05) is 0 Å². The molecule has 62 valence electrons. The van der Waals surface area contributed by atoms with Crippen molar-refractivity contribution in [2.24, 2.45) is 20.7 Å². The summed E-state index contributed by atoms with van der Waals surface area (Å²) < 4.78 is 0. The fraction of sp³-hybridized carbons (Fsp3) is 0.333. The molecule has 0 aliphatic carbocycles. The largest absolute Gasteiger partial charge is 0.352 e. The fourth-order valence-electron chi connectivity index (χ4n) is 1.03. The lowest BCUT2D eigenvalue weighted by atomic mass is 10.3. The zero-order chi connectivity index (χ0) is 8.55. The molecule has 0 radical (unpaired) electrons. The third-order valence-electron chi connectivity index (χ3n) is 1.59. The third kappa shape index (κ3) is 1.05. The first kappa shape index (κ1) is 7.51. The molecule has 0 aromatic heterocycles. The molecule has 0 aromatic rings. The highest BCUT2D eigenvalue weighted by Crippen LogP contribution is 2.04. The first-order valence-electron chi connectivity index (χ1n) is 3.50. The van der Waals surface area contributed by atoms with Crippen molar-refractivity contribution < 1.29 is 0 Å². The van der Waals surface area contributed by atoms with Gasteiger partial charge in [0.05, 0.1) is 0 Å². The highest BCUT2D eigenvalue weighted by molar-refractivity contribution is 7.82. The standard InChI is InChI=1S/C6H7N5S/c7-1-3-10-5-4(6(12)11-3)8-2-9-5/h2-3H,1,7H2,(H,11,12). The van der Waals surface area contributed by atoms with E-state index in [-0.39, 0.29) is 6.17 Å². The third-order valence-corrected chi connectivity index (χ3v) is 1.90. The lowest BCUT2D eigenvalue weighted by Gasteiger charge is -2.19. The highest BCUT2D eigenvalue weighted by Gasteiger charge is 2.24. The molecule has 0 bridgehead atoms. The van der Waals surface area contributed by atoms with Crippen molar-refractivity contribution in [3.63, 3.8) is 0 Å². The van der Waals surface area contributed by atoms with Crippen molar-refractivity contribution in [3.8, 4) is 0 Å². The van der Waals surface area contributed by atoms with E-state index < -0.39 is 0 Å². The fourth-order valence-corrected chi connectivity index (χ4v) is 1.31. The van der Waals surface area contributed by atoms with Crippen LogP contribution in [0, 0.1) is 0 Å². The first-order valence-corrected chi connectivity index (χ1v) is 3.91. The number of hydrogen-bond donors (Lipinski definition) is 2. The van der Waals surface area contributed by atoms with Gasteiger partial charge in [-0.1, -0.05) is 12.2 Å². The minimum absolute atomic E-state index is 0.151. The summed E-state index contributed by atoms with van der Waals surface area (Å²) in [5.74, 6) is 0.592. The molecule has 2 aliphatic heterocycles. The minimum atomic E-state index is -0.151. The summed E-state index contributed by atoms with van der Waals surface area (Å²) in [6.45, 7) is 0.409. The number of nitrogens with two attached hydrogens (primary N) is 1. The molecule has 1 atom stereocenters. The molecule has 6 heteroatoms. The molecule has 5 nitrogen and oxygen atoms in total. The number of amidine groups is 1. The zero-order valence-electron chi connectivity index (χ0n) is 6.19. The maximum absolute atomic E-state index is 5.43. The molecular weight excluding hydrogens is 174 g/mol. The van der Waals surface area contributed by atoms with Gasteiger partial charge in [0, 0.05) is 6.54 Å². The molecule has 0 aromatic carbocycles. The zero-order valence-corrected chi connectivity index (χ0v) is 7.01. The Morgan fingerprint density at radius 1 is 1.67 bits per heavy atom. The number of nitrogens with zero attached hydrogens (tertiary/aromatic N) is 3. The van der Waals surface area contributed by atoms with Gasteiger partial charge >= 0.3 is 0 Å². The van der Waals surface area contributed by atoms with Crippen LogP contribution < -0.4 is 11.1 Å². The monoisotopic (exact) mass is 181 g/mol. The van der Waals surface area contributed by atoms with E-state index in [0.29, 0.717) is 23.1 Å². The predicted molar refractivity (Wildman–Crippen MR) is 51.9 cm³/mol. The van der Waals surface area contributed by atoms with E-state index in [0.717, 1.165) is 0 Å². The molecule has 2 heterocycles. The SMILES string of the molecule is NCC1N=C2N=CN=C2C(=S)N1. The van der Waals surface area contributed by atoms with Gasteiger partial charge < -0.3 is 11.1 Å². The summed E-state index contributed by atoms with van der Waals surface area (Å²) in [5, 5.41) is 2.95. The molecule has 0 saturated carbocycles. The molecule has 2 aliphatic rings. The lowest BCUT2D eigenvalue weighted by Crippen LogP contribution is -2.47. The van der Waals surface area contributed by atoms with Gasteiger partial charge in [0.25, 0.3) is 0 Å². The van der Waals surface area contributed by atoms with Crippen molar-refractivity contribution in [2.75, 3.05) is 6.54 Å². The average Bonchev–Trinajstić information content (AvgIpc) is 2.52. The minimum Gasteiger partial charge on any atom is -0.352 e. The molecule has 12 heavy (non-hydrogen) atoms. The molecule has 0 fully saturated rings. The van der Waals surface area contributed by atoms with E-state index >= 15 is 0 Å². The summed E-state index contributed by atoms with van der Waals surface area (Å²) >= 11 is 5.03. The van der Waals surface area contributed by atoms with E-state index in [2.05, 4.69) is 20.3 Å². The Kier molecular flexibility index (Phi) is 1.70. The summed E-state index contributed by atoms with van der Waals surface area (Å²) in [6.07, 6.45) is 1.29. The van der Waals surface area contributed by atoms with Crippen molar-refractivity contribution in [2.45, 2.75) is 6.17 Å². The summed E-state index contributed by atoms with van der Waals surface area (Å²) in [6, 6.07) is 0. The molecule has 2 rings (SSSR count). The topological polar surface area (TPSA) is 75.1 Å². The molecular formula is C6H7N5S. The second-order valence-electron chi connectivity index (χ2n) is 2.40. The summed E-state index contributed by atoms with van der Waals surface area (Å²) in [4.78, 5) is 12.7. The van der Waals surface area contributed by atoms with Crippen molar-refractivity contribution in [3.05, 3.63) is 0 Å². The van der Waals surface area contributed by atoms with Crippen LogP contribution in [0.2, 0.25) is 0 Å². The molecule has 0 saturated heterocycles. The normalized spacial score (nSPS) is 26.1. The molecule has 0 amide bonds. The maximum Gasteiger partial charge on any atom is 0.180 e. The van der Waals surface area contributed by atoms with Crippen LogP contribution in [0.5, 0.6) is 0 Å². The van der Waals surface area contributed by atoms with Gasteiger partial charge in [-0.05, 0) is 0 Å². The van der Waals surface area contributed by atoms with Gasteiger partial charge in [-0.25, -0.2) is 15.0 Å². The Morgan fingerprint density at radius 2 is 2.50 bits per heavy atom. The number of thiocarbonyl (C=S) groups is 1. The van der Waals surface area contributed by atoms with Crippen LogP contribution >= 0.6 is 12.2 Å². The highest BCUT2D eigenvalue weighted by atomic mass is 32.1. The van der Waals surface area contributed by atoms with E-state index in [1.54, 1.807) is 0 Å². The van der Waals surface area contributed by atoms with Gasteiger partial charge in [-0.15, -0.1) is 0 Å². The van der Waals surface area contributed by atoms with E-state index in [1.165, 1.54) is 6.34 Å². The Morgan fingerprint density at radius 3 is 3.25 bits per heavy atom. The van der Waals surface area contributed by atoms with Crippen LogP contribution in [0.3, 0.4) is 0 Å². The van der Waals surface area contributed by atoms with Crippen LogP contribution in [-0.4, -0.2) is 35.6 Å². The van der Waals surface area contributed by atoms with Crippen LogP contribution in [-0.2, 0) is 0 Å². The van der Waals surface area contributed by atoms with Crippen LogP contribution in [0.25, 0.3) is 0 Å². The predicted octanol–water partition coefficient (Wildman–Crippen LogP) is -0.917. The van der Waals surface area contributed by atoms with E-state index in [9.17, 15) is 0 Å². The van der Waals surface area contributed by atoms with Gasteiger partial charge in [0.15, 0.2) is 5.84 Å². The number of aliphatic imine (C=N–C) groups is 3. The van der Waals surface area contributed by atoms with Crippen LogP contribution in [0.15, 0.2) is 15.0 Å². The number of rotatable bonds is 1.